The molecule has 160 valence electrons. The lowest BCUT2D eigenvalue weighted by Crippen LogP contribution is -1.99. The highest BCUT2D eigenvalue weighted by atomic mass is 16.5. The van der Waals surface area contributed by atoms with Crippen LogP contribution < -0.4 is 4.74 Å². The van der Waals surface area contributed by atoms with Crippen molar-refractivity contribution >= 4 is 5.71 Å². The summed E-state index contributed by atoms with van der Waals surface area (Å²) < 4.78 is 5.70. The molecule has 0 fully saturated rings. The molecule has 1 rings (SSSR count). The second-order valence-corrected chi connectivity index (χ2v) is 7.81. The molecule has 28 heavy (non-hydrogen) atoms. The Bertz CT molecular complexity index is 543. The first-order chi connectivity index (χ1) is 13.7. The van der Waals surface area contributed by atoms with Crippen LogP contribution in [0.1, 0.15) is 109 Å². The summed E-state index contributed by atoms with van der Waals surface area (Å²) in [4.78, 5) is 0. The van der Waals surface area contributed by atoms with Gasteiger partial charge in [0, 0.05) is 11.6 Å². The van der Waals surface area contributed by atoms with E-state index in [1.165, 1.54) is 83.5 Å². The van der Waals surface area contributed by atoms with Gasteiger partial charge in [0.15, 0.2) is 0 Å². The summed E-state index contributed by atoms with van der Waals surface area (Å²) in [6.45, 7) is 4.59. The van der Waals surface area contributed by atoms with Crippen LogP contribution in [0.5, 0.6) is 11.5 Å². The van der Waals surface area contributed by atoms with Gasteiger partial charge in [-0.25, -0.2) is 0 Å². The summed E-state index contributed by atoms with van der Waals surface area (Å²) in [6, 6.07) is 5.09. The predicted molar refractivity (Wildman–Crippen MR) is 118 cm³/mol. The Morgan fingerprint density at radius 2 is 1.32 bits per heavy atom. The van der Waals surface area contributed by atoms with Crippen LogP contribution in [-0.2, 0) is 0 Å². The molecule has 0 saturated heterocycles. The van der Waals surface area contributed by atoms with Crippen LogP contribution in [0.15, 0.2) is 23.4 Å². The van der Waals surface area contributed by atoms with E-state index < -0.39 is 0 Å². The van der Waals surface area contributed by atoms with Crippen LogP contribution in [0.4, 0.5) is 0 Å². The predicted octanol–water partition coefficient (Wildman–Crippen LogP) is 7.45. The molecule has 1 aromatic carbocycles. The number of hydrogen-bond acceptors (Lipinski definition) is 4. The largest absolute Gasteiger partial charge is 0.507 e. The lowest BCUT2D eigenvalue weighted by molar-refractivity contribution is 0.302. The van der Waals surface area contributed by atoms with Crippen LogP contribution in [-0.4, -0.2) is 22.6 Å². The fraction of sp³-hybridized carbons (Fsp3) is 0.708. The standard InChI is InChI=1S/C24H41NO3/c1-3-4-5-6-7-8-9-10-11-12-13-14-15-16-19-28-22-17-18-23(21(2)25-27)24(26)20-22/h17-18,20,26-27H,3-16,19H2,1-2H3. The third kappa shape index (κ3) is 11.2. The molecule has 0 radical (unpaired) electrons. The number of rotatable bonds is 17. The molecule has 0 aliphatic rings. The number of unbranched alkanes of at least 4 members (excludes halogenated alkanes) is 13. The average molecular weight is 392 g/mol. The maximum absolute atomic E-state index is 9.95. The van der Waals surface area contributed by atoms with Gasteiger partial charge in [-0.3, -0.25) is 0 Å². The summed E-state index contributed by atoms with van der Waals surface area (Å²) in [5.41, 5.74) is 0.905. The second kappa shape index (κ2) is 16.3. The quantitative estimate of drug-likeness (QED) is 0.125. The molecule has 0 heterocycles. The highest BCUT2D eigenvalue weighted by molar-refractivity contribution is 6.00. The van der Waals surface area contributed by atoms with Gasteiger partial charge < -0.3 is 15.1 Å². The third-order valence-electron chi connectivity index (χ3n) is 5.28. The Morgan fingerprint density at radius 1 is 0.821 bits per heavy atom. The summed E-state index contributed by atoms with van der Waals surface area (Å²) in [5.74, 6) is 0.732. The van der Waals surface area contributed by atoms with Crippen LogP contribution in [0.25, 0.3) is 0 Å². The zero-order chi connectivity index (χ0) is 20.5. The number of phenolic OH excluding ortho intramolecular Hbond substituents is 1. The van der Waals surface area contributed by atoms with Crippen molar-refractivity contribution in [3.63, 3.8) is 0 Å². The molecule has 4 heteroatoms. The number of aromatic hydroxyl groups is 1. The number of benzene rings is 1. The van der Waals surface area contributed by atoms with Crippen molar-refractivity contribution in [2.45, 2.75) is 104 Å². The molecule has 0 aliphatic carbocycles. The van der Waals surface area contributed by atoms with Crippen molar-refractivity contribution in [3.05, 3.63) is 23.8 Å². The molecular formula is C24H41NO3. The van der Waals surface area contributed by atoms with Gasteiger partial charge in [-0.2, -0.15) is 0 Å². The lowest BCUT2D eigenvalue weighted by Gasteiger charge is -2.09. The summed E-state index contributed by atoms with van der Waals surface area (Å²) in [6.07, 6.45) is 18.8. The number of phenols is 1. The van der Waals surface area contributed by atoms with E-state index in [0.717, 1.165) is 6.42 Å². The van der Waals surface area contributed by atoms with Gasteiger partial charge in [0.05, 0.1) is 12.3 Å². The minimum atomic E-state index is 0.0776. The molecular weight excluding hydrogens is 350 g/mol. The van der Waals surface area contributed by atoms with Gasteiger partial charge in [0.1, 0.15) is 11.5 Å². The molecule has 4 nitrogen and oxygen atoms in total. The van der Waals surface area contributed by atoms with Crippen molar-refractivity contribution in [2.75, 3.05) is 6.61 Å². The zero-order valence-corrected chi connectivity index (χ0v) is 18.1. The van der Waals surface area contributed by atoms with Gasteiger partial charge in [-0.1, -0.05) is 95.6 Å². The van der Waals surface area contributed by atoms with Crippen LogP contribution in [0.2, 0.25) is 0 Å². The fourth-order valence-corrected chi connectivity index (χ4v) is 3.45. The summed E-state index contributed by atoms with van der Waals surface area (Å²) in [5, 5.41) is 21.8. The van der Waals surface area contributed by atoms with E-state index in [0.29, 0.717) is 23.6 Å². The average Bonchev–Trinajstić information content (AvgIpc) is 2.70. The maximum Gasteiger partial charge on any atom is 0.128 e. The molecule has 0 aliphatic heterocycles. The van der Waals surface area contributed by atoms with Gasteiger partial charge in [-0.15, -0.1) is 0 Å². The first kappa shape index (κ1) is 24.3. The van der Waals surface area contributed by atoms with E-state index >= 15 is 0 Å². The minimum Gasteiger partial charge on any atom is -0.507 e. The van der Waals surface area contributed by atoms with E-state index in [9.17, 15) is 5.11 Å². The first-order valence-corrected chi connectivity index (χ1v) is 11.3. The molecule has 0 atom stereocenters. The zero-order valence-electron chi connectivity index (χ0n) is 18.1. The van der Waals surface area contributed by atoms with E-state index in [4.69, 9.17) is 9.94 Å². The molecule has 1 aromatic rings. The van der Waals surface area contributed by atoms with Crippen molar-refractivity contribution in [2.24, 2.45) is 5.16 Å². The highest BCUT2D eigenvalue weighted by Gasteiger charge is 2.06. The van der Waals surface area contributed by atoms with Crippen molar-refractivity contribution in [1.29, 1.82) is 0 Å². The number of ether oxygens (including phenoxy) is 1. The third-order valence-corrected chi connectivity index (χ3v) is 5.28. The van der Waals surface area contributed by atoms with E-state index in [1.54, 1.807) is 25.1 Å². The smallest absolute Gasteiger partial charge is 0.128 e. The Hall–Kier alpha value is -1.71. The van der Waals surface area contributed by atoms with Gasteiger partial charge in [0.2, 0.25) is 0 Å². The van der Waals surface area contributed by atoms with E-state index in [1.807, 2.05) is 0 Å². The minimum absolute atomic E-state index is 0.0776. The van der Waals surface area contributed by atoms with Crippen molar-refractivity contribution in [1.82, 2.24) is 0 Å². The second-order valence-electron chi connectivity index (χ2n) is 7.81. The Balaban J connectivity index is 1.94. The number of nitrogens with zero attached hydrogens (tertiary/aromatic N) is 1. The Labute approximate surface area is 172 Å². The summed E-state index contributed by atoms with van der Waals surface area (Å²) in [7, 11) is 0. The molecule has 0 spiro atoms. The van der Waals surface area contributed by atoms with Crippen molar-refractivity contribution < 1.29 is 15.1 Å². The molecule has 0 unspecified atom stereocenters. The van der Waals surface area contributed by atoms with Crippen LogP contribution >= 0.6 is 0 Å². The topological polar surface area (TPSA) is 62.0 Å². The monoisotopic (exact) mass is 391 g/mol. The summed E-state index contributed by atoms with van der Waals surface area (Å²) >= 11 is 0. The molecule has 0 aromatic heterocycles. The molecule has 2 N–H and O–H groups in total. The maximum atomic E-state index is 9.95. The normalized spacial score (nSPS) is 11.7. The van der Waals surface area contributed by atoms with Crippen LogP contribution in [0, 0.1) is 0 Å². The fourth-order valence-electron chi connectivity index (χ4n) is 3.45. The Morgan fingerprint density at radius 3 is 1.79 bits per heavy atom. The molecule has 0 amide bonds. The highest BCUT2D eigenvalue weighted by Crippen LogP contribution is 2.24. The van der Waals surface area contributed by atoms with Gasteiger partial charge >= 0.3 is 0 Å². The van der Waals surface area contributed by atoms with E-state index in [-0.39, 0.29) is 5.75 Å². The Kier molecular flexibility index (Phi) is 14.1. The van der Waals surface area contributed by atoms with Crippen molar-refractivity contribution in [3.8, 4) is 11.5 Å². The van der Waals surface area contributed by atoms with Gasteiger partial charge in [-0.05, 0) is 25.5 Å². The van der Waals surface area contributed by atoms with Gasteiger partial charge in [0.25, 0.3) is 0 Å². The van der Waals surface area contributed by atoms with Crippen LogP contribution in [0.3, 0.4) is 0 Å². The molecule has 0 bridgehead atoms. The number of oxime groups is 1. The lowest BCUT2D eigenvalue weighted by atomic mass is 10.0. The molecule has 0 saturated carbocycles. The first-order valence-electron chi connectivity index (χ1n) is 11.3. The van der Waals surface area contributed by atoms with E-state index in [2.05, 4.69) is 12.1 Å². The number of hydrogen-bond donors (Lipinski definition) is 2. The SMILES string of the molecule is CCCCCCCCCCCCCCCCOc1ccc(C(C)=NO)c(O)c1.